The monoisotopic (exact) mass is 420 g/mol. The van der Waals surface area contributed by atoms with Gasteiger partial charge in [-0.3, -0.25) is 4.57 Å². The van der Waals surface area contributed by atoms with Gasteiger partial charge in [0.15, 0.2) is 0 Å². The largest absolute Gasteiger partial charge is 0.444 e. The first-order valence-corrected chi connectivity index (χ1v) is 9.94. The van der Waals surface area contributed by atoms with Crippen molar-refractivity contribution in [1.29, 1.82) is 0 Å². The van der Waals surface area contributed by atoms with E-state index >= 15 is 0 Å². The highest BCUT2D eigenvalue weighted by molar-refractivity contribution is 5.90. The molecule has 0 spiro atoms. The van der Waals surface area contributed by atoms with Crippen molar-refractivity contribution in [3.63, 3.8) is 0 Å². The first-order valence-electron chi connectivity index (χ1n) is 9.94. The Morgan fingerprint density at radius 1 is 1.03 bits per heavy atom. The van der Waals surface area contributed by atoms with Gasteiger partial charge in [-0.2, -0.15) is 0 Å². The van der Waals surface area contributed by atoms with Gasteiger partial charge in [0.1, 0.15) is 17.3 Å². The van der Waals surface area contributed by atoms with E-state index in [1.807, 2.05) is 0 Å². The summed E-state index contributed by atoms with van der Waals surface area (Å²) in [6.45, 7) is 10.8. The van der Waals surface area contributed by atoms with Crippen LogP contribution in [0.25, 0.3) is 10.9 Å². The van der Waals surface area contributed by atoms with Gasteiger partial charge in [-0.1, -0.05) is 6.07 Å². The Labute approximate surface area is 176 Å². The zero-order valence-corrected chi connectivity index (χ0v) is 18.4. The van der Waals surface area contributed by atoms with Crippen molar-refractivity contribution in [2.75, 3.05) is 6.54 Å². The van der Waals surface area contributed by atoms with Gasteiger partial charge in [-0.15, -0.1) is 0 Å². The number of carbonyl (C=O) groups excluding carboxylic acids is 2. The number of aliphatic hydroxyl groups is 2. The van der Waals surface area contributed by atoms with Gasteiger partial charge in [0.2, 0.25) is 0 Å². The summed E-state index contributed by atoms with van der Waals surface area (Å²) in [5, 5.41) is 24.1. The van der Waals surface area contributed by atoms with Gasteiger partial charge in [-0.05, 0) is 71.7 Å². The van der Waals surface area contributed by atoms with E-state index in [0.717, 1.165) is 5.39 Å². The number of ether oxygens (including phenoxy) is 2. The number of amides is 1. The molecule has 1 aromatic heterocycles. The Morgan fingerprint density at radius 2 is 1.67 bits per heavy atom. The minimum Gasteiger partial charge on any atom is -0.444 e. The number of aromatic nitrogens is 1. The fourth-order valence-corrected chi connectivity index (χ4v) is 2.83. The standard InChI is InChI=1S/C22H32N2O6/c1-21(2,3)29-19(27)23-11-9-17(25)18(26)15-7-8-16-14(13-15)10-12-24(16)20(28)30-22(4,5)6/h7-8,10,12-13,17-18,25-26H,9,11H2,1-6H3,(H,23,27). The normalized spacial score (nSPS) is 14.3. The number of fused-ring (bicyclic) bond motifs is 1. The number of alkyl carbamates (subject to hydrolysis) is 1. The van der Waals surface area contributed by atoms with Crippen molar-refractivity contribution in [1.82, 2.24) is 9.88 Å². The van der Waals surface area contributed by atoms with Crippen LogP contribution in [0.5, 0.6) is 0 Å². The third-order valence-electron chi connectivity index (χ3n) is 4.12. The predicted octanol–water partition coefficient (Wildman–Crippen LogP) is 3.73. The van der Waals surface area contributed by atoms with E-state index < -0.39 is 35.6 Å². The molecule has 0 aliphatic rings. The number of hydrogen-bond donors (Lipinski definition) is 3. The molecule has 0 saturated heterocycles. The third kappa shape index (κ3) is 6.74. The van der Waals surface area contributed by atoms with Crippen LogP contribution in [0.2, 0.25) is 0 Å². The summed E-state index contributed by atoms with van der Waals surface area (Å²) in [5.74, 6) is 0. The van der Waals surface area contributed by atoms with Crippen LogP contribution in [0.1, 0.15) is 59.6 Å². The van der Waals surface area contributed by atoms with Gasteiger partial charge in [0, 0.05) is 18.1 Å². The van der Waals surface area contributed by atoms with Crippen molar-refractivity contribution in [2.45, 2.75) is 71.4 Å². The van der Waals surface area contributed by atoms with Crippen molar-refractivity contribution in [3.05, 3.63) is 36.0 Å². The molecule has 0 saturated carbocycles. The van der Waals surface area contributed by atoms with Crippen LogP contribution in [-0.4, -0.2) is 50.8 Å². The molecule has 0 aliphatic carbocycles. The van der Waals surface area contributed by atoms with Crippen molar-refractivity contribution >= 4 is 23.1 Å². The average Bonchev–Trinajstić information content (AvgIpc) is 3.01. The average molecular weight is 421 g/mol. The molecule has 0 fully saturated rings. The summed E-state index contributed by atoms with van der Waals surface area (Å²) >= 11 is 0. The van der Waals surface area contributed by atoms with Crippen LogP contribution in [-0.2, 0) is 9.47 Å². The minimum absolute atomic E-state index is 0.150. The topological polar surface area (TPSA) is 110 Å². The van der Waals surface area contributed by atoms with Gasteiger partial charge in [0.05, 0.1) is 11.6 Å². The SMILES string of the molecule is CC(C)(C)OC(=O)NCCC(O)C(O)c1ccc2c(ccn2C(=O)OC(C)(C)C)c1. The highest BCUT2D eigenvalue weighted by Gasteiger charge is 2.22. The zero-order valence-electron chi connectivity index (χ0n) is 18.4. The fraction of sp³-hybridized carbons (Fsp3) is 0.545. The molecule has 2 atom stereocenters. The van der Waals surface area contributed by atoms with Gasteiger partial charge < -0.3 is 25.0 Å². The molecule has 2 rings (SSSR count). The molecule has 0 aliphatic heterocycles. The highest BCUT2D eigenvalue weighted by atomic mass is 16.6. The van der Waals surface area contributed by atoms with E-state index in [-0.39, 0.29) is 13.0 Å². The van der Waals surface area contributed by atoms with Crippen molar-refractivity contribution < 1.29 is 29.3 Å². The van der Waals surface area contributed by atoms with Crippen molar-refractivity contribution in [3.8, 4) is 0 Å². The number of hydrogen-bond acceptors (Lipinski definition) is 6. The first-order chi connectivity index (χ1) is 13.8. The van der Waals surface area contributed by atoms with Crippen LogP contribution in [0.3, 0.4) is 0 Å². The Kier molecular flexibility index (Phi) is 7.15. The minimum atomic E-state index is -1.14. The molecule has 1 amide bonds. The summed E-state index contributed by atoms with van der Waals surface area (Å²) < 4.78 is 11.9. The molecular weight excluding hydrogens is 388 g/mol. The summed E-state index contributed by atoms with van der Waals surface area (Å²) in [4.78, 5) is 24.0. The van der Waals surface area contributed by atoms with Crippen molar-refractivity contribution in [2.24, 2.45) is 0 Å². The molecule has 8 nitrogen and oxygen atoms in total. The second-order valence-corrected chi connectivity index (χ2v) is 9.21. The molecule has 1 aromatic carbocycles. The Balaban J connectivity index is 2.01. The van der Waals surface area contributed by atoms with E-state index in [9.17, 15) is 19.8 Å². The smallest absolute Gasteiger partial charge is 0.418 e. The fourth-order valence-electron chi connectivity index (χ4n) is 2.83. The molecule has 2 unspecified atom stereocenters. The quantitative estimate of drug-likeness (QED) is 0.680. The van der Waals surface area contributed by atoms with E-state index in [0.29, 0.717) is 11.1 Å². The Bertz CT molecular complexity index is 891. The predicted molar refractivity (Wildman–Crippen MR) is 113 cm³/mol. The number of rotatable bonds is 5. The van der Waals surface area contributed by atoms with Gasteiger partial charge in [-0.25, -0.2) is 9.59 Å². The van der Waals surface area contributed by atoms with E-state index in [4.69, 9.17) is 9.47 Å². The lowest BCUT2D eigenvalue weighted by molar-refractivity contribution is 0.0124. The van der Waals surface area contributed by atoms with E-state index in [1.165, 1.54) is 4.57 Å². The lowest BCUT2D eigenvalue weighted by atomic mass is 10.0. The summed E-state index contributed by atoms with van der Waals surface area (Å²) in [6.07, 6.45) is -1.52. The summed E-state index contributed by atoms with van der Waals surface area (Å²) in [7, 11) is 0. The maximum atomic E-state index is 12.3. The molecule has 0 radical (unpaired) electrons. The maximum Gasteiger partial charge on any atom is 0.418 e. The lowest BCUT2D eigenvalue weighted by Gasteiger charge is -2.21. The first kappa shape index (κ1) is 23.7. The second-order valence-electron chi connectivity index (χ2n) is 9.21. The zero-order chi connectivity index (χ0) is 22.7. The number of benzene rings is 1. The number of carbonyl (C=O) groups is 2. The molecule has 0 bridgehead atoms. The molecule has 30 heavy (non-hydrogen) atoms. The Hall–Kier alpha value is -2.58. The molecule has 8 heteroatoms. The lowest BCUT2D eigenvalue weighted by Crippen LogP contribution is -2.34. The number of aliphatic hydroxyl groups excluding tert-OH is 2. The third-order valence-corrected chi connectivity index (χ3v) is 4.12. The number of nitrogens with zero attached hydrogens (tertiary/aromatic N) is 1. The molecule has 3 N–H and O–H groups in total. The van der Waals surface area contributed by atoms with Crippen LogP contribution in [0.15, 0.2) is 30.5 Å². The van der Waals surface area contributed by atoms with Gasteiger partial charge in [0.25, 0.3) is 0 Å². The Morgan fingerprint density at radius 3 is 2.27 bits per heavy atom. The summed E-state index contributed by atoms with van der Waals surface area (Å²) in [6, 6.07) is 6.80. The van der Waals surface area contributed by atoms with Crippen LogP contribution < -0.4 is 5.32 Å². The second kappa shape index (κ2) is 9.06. The molecule has 1 heterocycles. The van der Waals surface area contributed by atoms with E-state index in [2.05, 4.69) is 5.32 Å². The van der Waals surface area contributed by atoms with Gasteiger partial charge >= 0.3 is 12.2 Å². The summed E-state index contributed by atoms with van der Waals surface area (Å²) in [5.41, 5.74) is -0.0651. The molecular formula is C22H32N2O6. The number of nitrogens with one attached hydrogen (secondary N) is 1. The maximum absolute atomic E-state index is 12.3. The van der Waals surface area contributed by atoms with Crippen LogP contribution in [0.4, 0.5) is 9.59 Å². The molecule has 2 aromatic rings. The van der Waals surface area contributed by atoms with Crippen LogP contribution in [0, 0.1) is 0 Å². The molecule has 166 valence electrons. The van der Waals surface area contributed by atoms with E-state index in [1.54, 1.807) is 72.0 Å². The van der Waals surface area contributed by atoms with Crippen LogP contribution >= 0.6 is 0 Å². The highest BCUT2D eigenvalue weighted by Crippen LogP contribution is 2.25.